The maximum Gasteiger partial charge on any atom is 0.287 e. The van der Waals surface area contributed by atoms with Crippen LogP contribution in [0.25, 0.3) is 0 Å². The molecule has 100 valence electrons. The van der Waals surface area contributed by atoms with Crippen LogP contribution in [0.4, 0.5) is 5.69 Å². The SMILES string of the molecule is O=[N+]([O-])c1cccc(OCCCS(=O)(=O)Cl)c1Br. The molecule has 0 N–H and O–H groups in total. The third-order valence-electron chi connectivity index (χ3n) is 1.93. The summed E-state index contributed by atoms with van der Waals surface area (Å²) in [4.78, 5) is 10.1. The van der Waals surface area contributed by atoms with Crippen molar-refractivity contribution in [3.8, 4) is 5.75 Å². The van der Waals surface area contributed by atoms with E-state index in [0.717, 1.165) is 0 Å². The highest BCUT2D eigenvalue weighted by molar-refractivity contribution is 9.10. The fourth-order valence-electron chi connectivity index (χ4n) is 1.17. The Hall–Kier alpha value is -0.860. The van der Waals surface area contributed by atoms with Crippen LogP contribution in [0.3, 0.4) is 0 Å². The molecule has 0 fully saturated rings. The molecule has 1 aromatic rings. The Balaban J connectivity index is 2.63. The van der Waals surface area contributed by atoms with Crippen LogP contribution < -0.4 is 4.74 Å². The highest BCUT2D eigenvalue weighted by Crippen LogP contribution is 2.33. The van der Waals surface area contributed by atoms with Gasteiger partial charge in [0.05, 0.1) is 17.3 Å². The second-order valence-corrected chi connectivity index (χ2v) is 6.98. The van der Waals surface area contributed by atoms with Crippen LogP contribution in [0.15, 0.2) is 22.7 Å². The van der Waals surface area contributed by atoms with Crippen LogP contribution in [0.2, 0.25) is 0 Å². The van der Waals surface area contributed by atoms with Gasteiger partial charge in [-0.15, -0.1) is 0 Å². The number of nitrogens with zero attached hydrogens (tertiary/aromatic N) is 1. The van der Waals surface area contributed by atoms with Crippen LogP contribution in [0, 0.1) is 10.1 Å². The molecule has 0 spiro atoms. The number of halogens is 2. The van der Waals surface area contributed by atoms with Gasteiger partial charge in [0, 0.05) is 16.7 Å². The third kappa shape index (κ3) is 4.79. The highest BCUT2D eigenvalue weighted by atomic mass is 79.9. The fraction of sp³-hybridized carbons (Fsp3) is 0.333. The average molecular weight is 359 g/mol. The Kier molecular flexibility index (Phi) is 5.36. The van der Waals surface area contributed by atoms with Crippen LogP contribution in [-0.2, 0) is 9.05 Å². The molecule has 0 unspecified atom stereocenters. The summed E-state index contributed by atoms with van der Waals surface area (Å²) in [7, 11) is 1.49. The Bertz CT molecular complexity index is 548. The van der Waals surface area contributed by atoms with Gasteiger partial charge in [-0.1, -0.05) is 6.07 Å². The summed E-state index contributed by atoms with van der Waals surface area (Å²) >= 11 is 3.06. The van der Waals surface area contributed by atoms with E-state index in [1.54, 1.807) is 6.07 Å². The molecule has 1 rings (SSSR count). The molecule has 18 heavy (non-hydrogen) atoms. The summed E-state index contributed by atoms with van der Waals surface area (Å²) in [5, 5.41) is 10.7. The summed E-state index contributed by atoms with van der Waals surface area (Å²) < 4.78 is 26.8. The number of ether oxygens (including phenoxy) is 1. The number of rotatable bonds is 6. The first-order valence-corrected chi connectivity index (χ1v) is 8.06. The predicted octanol–water partition coefficient (Wildman–Crippen LogP) is 2.69. The second kappa shape index (κ2) is 6.35. The molecule has 9 heteroatoms. The van der Waals surface area contributed by atoms with E-state index < -0.39 is 14.0 Å². The first-order valence-electron chi connectivity index (χ1n) is 4.79. The minimum absolute atomic E-state index is 0.103. The highest BCUT2D eigenvalue weighted by Gasteiger charge is 2.15. The van der Waals surface area contributed by atoms with Crippen LogP contribution in [-0.4, -0.2) is 25.7 Å². The predicted molar refractivity (Wildman–Crippen MR) is 70.5 cm³/mol. The number of benzene rings is 1. The molecule has 0 aliphatic carbocycles. The van der Waals surface area contributed by atoms with E-state index >= 15 is 0 Å². The number of hydrogen-bond donors (Lipinski definition) is 0. The first-order chi connectivity index (χ1) is 8.31. The minimum atomic E-state index is -3.54. The summed E-state index contributed by atoms with van der Waals surface area (Å²) in [6, 6.07) is 4.36. The standard InChI is InChI=1S/C9H9BrClNO5S/c10-9-7(12(13)14)3-1-4-8(9)17-5-2-6-18(11,15)16/h1,3-4H,2,5-6H2. The second-order valence-electron chi connectivity index (χ2n) is 3.29. The van der Waals surface area contributed by atoms with Gasteiger partial charge in [0.25, 0.3) is 5.69 Å². The molecule has 0 atom stereocenters. The topological polar surface area (TPSA) is 86.5 Å². The molecular formula is C9H9BrClNO5S. The van der Waals surface area contributed by atoms with E-state index in [1.165, 1.54) is 12.1 Å². The van der Waals surface area contributed by atoms with E-state index in [-0.39, 0.29) is 34.7 Å². The molecule has 0 radical (unpaired) electrons. The summed E-state index contributed by atoms with van der Waals surface area (Å²) in [6.45, 7) is 0.103. The molecule has 0 aliphatic heterocycles. The molecule has 0 heterocycles. The van der Waals surface area contributed by atoms with Crippen LogP contribution in [0.5, 0.6) is 5.75 Å². The molecule has 0 saturated heterocycles. The Morgan fingerprint density at radius 3 is 2.67 bits per heavy atom. The molecule has 0 bridgehead atoms. The zero-order valence-corrected chi connectivity index (χ0v) is 12.2. The van der Waals surface area contributed by atoms with Gasteiger partial charge in [-0.2, -0.15) is 0 Å². The van der Waals surface area contributed by atoms with E-state index in [2.05, 4.69) is 15.9 Å². The quantitative estimate of drug-likeness (QED) is 0.338. The Labute approximate surface area is 117 Å². The van der Waals surface area contributed by atoms with Crippen molar-refractivity contribution in [2.24, 2.45) is 0 Å². The largest absolute Gasteiger partial charge is 0.492 e. The van der Waals surface area contributed by atoms with Gasteiger partial charge in [-0.3, -0.25) is 10.1 Å². The lowest BCUT2D eigenvalue weighted by Gasteiger charge is -2.07. The van der Waals surface area contributed by atoms with Crippen molar-refractivity contribution in [1.82, 2.24) is 0 Å². The van der Waals surface area contributed by atoms with Crippen LogP contribution >= 0.6 is 26.6 Å². The monoisotopic (exact) mass is 357 g/mol. The van der Waals surface area contributed by atoms with Crippen molar-refractivity contribution in [1.29, 1.82) is 0 Å². The molecule has 0 amide bonds. The van der Waals surface area contributed by atoms with Crippen molar-refractivity contribution in [2.75, 3.05) is 12.4 Å². The number of hydrogen-bond acceptors (Lipinski definition) is 5. The van der Waals surface area contributed by atoms with E-state index in [1.807, 2.05) is 0 Å². The average Bonchev–Trinajstić information content (AvgIpc) is 2.24. The molecule has 0 aliphatic rings. The normalized spacial score (nSPS) is 11.2. The van der Waals surface area contributed by atoms with Gasteiger partial charge in [-0.05, 0) is 28.4 Å². The zero-order chi connectivity index (χ0) is 13.8. The summed E-state index contributed by atoms with van der Waals surface area (Å²) in [5.41, 5.74) is -0.113. The van der Waals surface area contributed by atoms with E-state index in [0.29, 0.717) is 0 Å². The van der Waals surface area contributed by atoms with Gasteiger partial charge < -0.3 is 4.74 Å². The molecule has 6 nitrogen and oxygen atoms in total. The summed E-state index contributed by atoms with van der Waals surface area (Å²) in [6.07, 6.45) is 0.209. The van der Waals surface area contributed by atoms with Gasteiger partial charge in [0.15, 0.2) is 0 Å². The van der Waals surface area contributed by atoms with Crippen molar-refractivity contribution in [3.63, 3.8) is 0 Å². The Morgan fingerprint density at radius 2 is 2.11 bits per heavy atom. The van der Waals surface area contributed by atoms with Crippen molar-refractivity contribution in [2.45, 2.75) is 6.42 Å². The van der Waals surface area contributed by atoms with Crippen molar-refractivity contribution in [3.05, 3.63) is 32.8 Å². The molecule has 0 saturated carbocycles. The number of nitro groups is 1. The first kappa shape index (κ1) is 15.2. The van der Waals surface area contributed by atoms with E-state index in [9.17, 15) is 18.5 Å². The zero-order valence-electron chi connectivity index (χ0n) is 9.01. The van der Waals surface area contributed by atoms with Crippen molar-refractivity contribution < 1.29 is 18.1 Å². The molecular weight excluding hydrogens is 350 g/mol. The van der Waals surface area contributed by atoms with Gasteiger partial charge in [-0.25, -0.2) is 8.42 Å². The lowest BCUT2D eigenvalue weighted by molar-refractivity contribution is -0.385. The third-order valence-corrected chi connectivity index (χ3v) is 3.97. The number of nitro benzene ring substituents is 1. The summed E-state index contributed by atoms with van der Waals surface area (Å²) in [5.74, 6) is 0.0809. The smallest absolute Gasteiger partial charge is 0.287 e. The lowest BCUT2D eigenvalue weighted by atomic mass is 10.3. The Morgan fingerprint density at radius 1 is 1.44 bits per heavy atom. The van der Waals surface area contributed by atoms with Crippen LogP contribution in [0.1, 0.15) is 6.42 Å². The maximum atomic E-state index is 10.7. The fourth-order valence-corrected chi connectivity index (χ4v) is 2.48. The minimum Gasteiger partial charge on any atom is -0.492 e. The maximum absolute atomic E-state index is 10.7. The lowest BCUT2D eigenvalue weighted by Crippen LogP contribution is -2.05. The molecule has 0 aromatic heterocycles. The van der Waals surface area contributed by atoms with Gasteiger partial charge in [0.2, 0.25) is 9.05 Å². The van der Waals surface area contributed by atoms with Gasteiger partial charge in [0.1, 0.15) is 10.2 Å². The molecule has 1 aromatic carbocycles. The van der Waals surface area contributed by atoms with Gasteiger partial charge >= 0.3 is 0 Å². The van der Waals surface area contributed by atoms with Crippen molar-refractivity contribution >= 4 is 41.4 Å². The van der Waals surface area contributed by atoms with E-state index in [4.69, 9.17) is 15.4 Å².